The molecule has 2 N–H and O–H groups in total. The van der Waals surface area contributed by atoms with Gasteiger partial charge in [-0.25, -0.2) is 0 Å². The van der Waals surface area contributed by atoms with Gasteiger partial charge in [-0.1, -0.05) is 37.9 Å². The highest BCUT2D eigenvalue weighted by molar-refractivity contribution is 6.31. The van der Waals surface area contributed by atoms with Gasteiger partial charge in [0.1, 0.15) is 5.75 Å². The van der Waals surface area contributed by atoms with E-state index in [1.165, 1.54) is 0 Å². The van der Waals surface area contributed by atoms with Crippen molar-refractivity contribution in [2.24, 2.45) is 5.92 Å². The second-order valence-corrected chi connectivity index (χ2v) is 5.98. The lowest BCUT2D eigenvalue weighted by molar-refractivity contribution is -0.122. The van der Waals surface area contributed by atoms with Crippen molar-refractivity contribution < 1.29 is 14.6 Å². The van der Waals surface area contributed by atoms with Gasteiger partial charge in [-0.05, 0) is 30.5 Å². The molecule has 5 heteroatoms. The van der Waals surface area contributed by atoms with Crippen molar-refractivity contribution in [2.75, 3.05) is 13.7 Å². The van der Waals surface area contributed by atoms with E-state index in [0.717, 1.165) is 12.0 Å². The summed E-state index contributed by atoms with van der Waals surface area (Å²) in [4.78, 5) is 12.0. The minimum Gasteiger partial charge on any atom is -0.497 e. The molecule has 0 spiro atoms. The Morgan fingerprint density at radius 3 is 2.71 bits per heavy atom. The Morgan fingerprint density at radius 2 is 2.19 bits per heavy atom. The zero-order valence-corrected chi connectivity index (χ0v) is 13.8. The van der Waals surface area contributed by atoms with E-state index in [-0.39, 0.29) is 24.8 Å². The summed E-state index contributed by atoms with van der Waals surface area (Å²) < 4.78 is 5.07. The Morgan fingerprint density at radius 1 is 1.52 bits per heavy atom. The fraction of sp³-hybridized carbons (Fsp3) is 0.562. The highest BCUT2D eigenvalue weighted by atomic mass is 35.5. The molecule has 0 aliphatic heterocycles. The third-order valence-corrected chi connectivity index (χ3v) is 4.28. The SMILES string of the molecule is CCC(C)C(C)(O)CNC(=O)Cc1ccc(OC)cc1Cl. The number of ether oxygens (including phenoxy) is 1. The zero-order valence-electron chi connectivity index (χ0n) is 13.1. The molecule has 0 aromatic heterocycles. The van der Waals surface area contributed by atoms with Gasteiger partial charge in [0.2, 0.25) is 5.91 Å². The number of carbonyl (C=O) groups is 1. The zero-order chi connectivity index (χ0) is 16.0. The third kappa shape index (κ3) is 5.21. The first-order valence-corrected chi connectivity index (χ1v) is 7.49. The first-order valence-electron chi connectivity index (χ1n) is 7.11. The monoisotopic (exact) mass is 313 g/mol. The summed E-state index contributed by atoms with van der Waals surface area (Å²) in [5.41, 5.74) is -0.174. The Balaban J connectivity index is 2.58. The molecule has 1 aromatic rings. The van der Waals surface area contributed by atoms with Crippen molar-refractivity contribution in [3.63, 3.8) is 0 Å². The number of aliphatic hydroxyl groups is 1. The molecule has 0 heterocycles. The van der Waals surface area contributed by atoms with E-state index >= 15 is 0 Å². The van der Waals surface area contributed by atoms with Crippen LogP contribution in [-0.2, 0) is 11.2 Å². The summed E-state index contributed by atoms with van der Waals surface area (Å²) in [6, 6.07) is 5.22. The van der Waals surface area contributed by atoms with Crippen LogP contribution in [0.25, 0.3) is 0 Å². The predicted molar refractivity (Wildman–Crippen MR) is 84.8 cm³/mol. The van der Waals surface area contributed by atoms with Gasteiger partial charge in [0.05, 0.1) is 19.1 Å². The summed E-state index contributed by atoms with van der Waals surface area (Å²) >= 11 is 6.11. The molecule has 1 rings (SSSR count). The van der Waals surface area contributed by atoms with Gasteiger partial charge in [-0.2, -0.15) is 0 Å². The molecule has 1 amide bonds. The molecular formula is C16H24ClNO3. The molecule has 4 nitrogen and oxygen atoms in total. The summed E-state index contributed by atoms with van der Waals surface area (Å²) in [5.74, 6) is 0.608. The highest BCUT2D eigenvalue weighted by Crippen LogP contribution is 2.23. The van der Waals surface area contributed by atoms with Crippen molar-refractivity contribution in [2.45, 2.75) is 39.2 Å². The molecule has 2 unspecified atom stereocenters. The van der Waals surface area contributed by atoms with Crippen molar-refractivity contribution in [3.8, 4) is 5.75 Å². The molecule has 21 heavy (non-hydrogen) atoms. The van der Waals surface area contributed by atoms with E-state index in [2.05, 4.69) is 5.32 Å². The molecule has 0 saturated carbocycles. The number of halogens is 1. The van der Waals surface area contributed by atoms with Gasteiger partial charge in [0.15, 0.2) is 0 Å². The molecule has 0 radical (unpaired) electrons. The molecule has 0 aliphatic rings. The van der Waals surface area contributed by atoms with E-state index in [0.29, 0.717) is 10.8 Å². The van der Waals surface area contributed by atoms with Gasteiger partial charge in [-0.3, -0.25) is 4.79 Å². The van der Waals surface area contributed by atoms with Gasteiger partial charge in [0.25, 0.3) is 0 Å². The van der Waals surface area contributed by atoms with E-state index in [1.54, 1.807) is 32.2 Å². The topological polar surface area (TPSA) is 58.6 Å². The first-order chi connectivity index (χ1) is 9.80. The predicted octanol–water partition coefficient (Wildman–Crippen LogP) is 2.80. The second-order valence-electron chi connectivity index (χ2n) is 5.58. The van der Waals surface area contributed by atoms with Crippen LogP contribution in [0.1, 0.15) is 32.8 Å². The number of methoxy groups -OCH3 is 1. The number of hydrogen-bond acceptors (Lipinski definition) is 3. The van der Waals surface area contributed by atoms with Crippen LogP contribution in [-0.4, -0.2) is 30.3 Å². The van der Waals surface area contributed by atoms with E-state index < -0.39 is 5.60 Å². The minimum atomic E-state index is -0.909. The smallest absolute Gasteiger partial charge is 0.224 e. The normalized spacial score (nSPS) is 15.1. The van der Waals surface area contributed by atoms with Crippen molar-refractivity contribution in [3.05, 3.63) is 28.8 Å². The maximum Gasteiger partial charge on any atom is 0.224 e. The Bertz CT molecular complexity index is 488. The molecular weight excluding hydrogens is 290 g/mol. The van der Waals surface area contributed by atoms with Gasteiger partial charge >= 0.3 is 0 Å². The number of amides is 1. The van der Waals surface area contributed by atoms with Crippen LogP contribution in [0.3, 0.4) is 0 Å². The van der Waals surface area contributed by atoms with Gasteiger partial charge in [0, 0.05) is 11.6 Å². The molecule has 0 bridgehead atoms. The van der Waals surface area contributed by atoms with Crippen LogP contribution in [0, 0.1) is 5.92 Å². The van der Waals surface area contributed by atoms with Crippen LogP contribution in [0.15, 0.2) is 18.2 Å². The average Bonchev–Trinajstić information content (AvgIpc) is 2.46. The summed E-state index contributed by atoms with van der Waals surface area (Å²) in [7, 11) is 1.56. The lowest BCUT2D eigenvalue weighted by atomic mass is 9.88. The number of carbonyl (C=O) groups excluding carboxylic acids is 1. The average molecular weight is 314 g/mol. The maximum atomic E-state index is 12.0. The fourth-order valence-electron chi connectivity index (χ4n) is 1.93. The summed E-state index contributed by atoms with van der Waals surface area (Å²) in [6.07, 6.45) is 1.03. The largest absolute Gasteiger partial charge is 0.497 e. The number of hydrogen-bond donors (Lipinski definition) is 2. The fourth-order valence-corrected chi connectivity index (χ4v) is 2.16. The van der Waals surface area contributed by atoms with E-state index in [9.17, 15) is 9.90 Å². The Hall–Kier alpha value is -1.26. The summed E-state index contributed by atoms with van der Waals surface area (Å²) in [6.45, 7) is 5.95. The first kappa shape index (κ1) is 17.8. The van der Waals surface area contributed by atoms with Crippen LogP contribution >= 0.6 is 11.6 Å². The molecule has 1 aromatic carbocycles. The number of rotatable bonds is 7. The van der Waals surface area contributed by atoms with Crippen LogP contribution < -0.4 is 10.1 Å². The molecule has 0 saturated heterocycles. The summed E-state index contributed by atoms with van der Waals surface area (Å²) in [5, 5.41) is 13.5. The Kier molecular flexibility index (Phi) is 6.49. The lowest BCUT2D eigenvalue weighted by Crippen LogP contribution is -2.45. The number of nitrogens with one attached hydrogen (secondary N) is 1. The maximum absolute atomic E-state index is 12.0. The third-order valence-electron chi connectivity index (χ3n) is 3.93. The van der Waals surface area contributed by atoms with Crippen LogP contribution in [0.5, 0.6) is 5.75 Å². The standard InChI is InChI=1S/C16H24ClNO3/c1-5-11(2)16(3,20)10-18-15(19)8-12-6-7-13(21-4)9-14(12)17/h6-7,9,11,20H,5,8,10H2,1-4H3,(H,18,19). The van der Waals surface area contributed by atoms with Crippen molar-refractivity contribution in [1.82, 2.24) is 5.32 Å². The molecule has 2 atom stereocenters. The molecule has 0 fully saturated rings. The van der Waals surface area contributed by atoms with Crippen molar-refractivity contribution in [1.29, 1.82) is 0 Å². The number of benzene rings is 1. The lowest BCUT2D eigenvalue weighted by Gasteiger charge is -2.29. The van der Waals surface area contributed by atoms with E-state index in [4.69, 9.17) is 16.3 Å². The van der Waals surface area contributed by atoms with Crippen LogP contribution in [0.4, 0.5) is 0 Å². The van der Waals surface area contributed by atoms with E-state index in [1.807, 2.05) is 13.8 Å². The van der Waals surface area contributed by atoms with Crippen LogP contribution in [0.2, 0.25) is 5.02 Å². The second kappa shape index (κ2) is 7.66. The molecule has 118 valence electrons. The highest BCUT2D eigenvalue weighted by Gasteiger charge is 2.27. The minimum absolute atomic E-state index is 0.113. The van der Waals surface area contributed by atoms with Gasteiger partial charge < -0.3 is 15.2 Å². The quantitative estimate of drug-likeness (QED) is 0.814. The van der Waals surface area contributed by atoms with Gasteiger partial charge in [-0.15, -0.1) is 0 Å². The Labute approximate surface area is 131 Å². The molecule has 0 aliphatic carbocycles. The van der Waals surface area contributed by atoms with Crippen molar-refractivity contribution >= 4 is 17.5 Å².